The fourth-order valence-corrected chi connectivity index (χ4v) is 2.60. The van der Waals surface area contributed by atoms with Gasteiger partial charge in [0.2, 0.25) is 0 Å². The van der Waals surface area contributed by atoms with Gasteiger partial charge in [0.25, 0.3) is 5.91 Å². The molecule has 0 saturated heterocycles. The summed E-state index contributed by atoms with van der Waals surface area (Å²) in [6.07, 6.45) is 3.10. The Kier molecular flexibility index (Phi) is 3.50. The van der Waals surface area contributed by atoms with Crippen molar-refractivity contribution in [2.75, 3.05) is 5.32 Å². The molecule has 0 unspecified atom stereocenters. The quantitative estimate of drug-likeness (QED) is 0.535. The minimum absolute atomic E-state index is 0.179. The molecule has 3 heterocycles. The molecule has 124 valence electrons. The van der Waals surface area contributed by atoms with Crippen molar-refractivity contribution in [2.45, 2.75) is 6.92 Å². The van der Waals surface area contributed by atoms with Crippen molar-refractivity contribution >= 4 is 22.9 Å². The van der Waals surface area contributed by atoms with Crippen molar-refractivity contribution in [1.29, 1.82) is 0 Å². The molecule has 0 aliphatic rings. The Labute approximate surface area is 141 Å². The number of carbonyl (C=O) groups is 1. The van der Waals surface area contributed by atoms with Crippen LogP contribution in [-0.2, 0) is 0 Å². The SMILES string of the molecule is Cc1[nH]nc(NC(=O)c2cnc3[nH]ccc3n2)c1-c1ccc(F)cc1. The molecule has 4 aromatic rings. The number of carbonyl (C=O) groups excluding carboxylic acids is 1. The number of halogens is 1. The van der Waals surface area contributed by atoms with E-state index in [0.29, 0.717) is 22.5 Å². The zero-order valence-electron chi connectivity index (χ0n) is 13.2. The molecule has 0 atom stereocenters. The van der Waals surface area contributed by atoms with Gasteiger partial charge in [0.1, 0.15) is 17.0 Å². The van der Waals surface area contributed by atoms with Crippen LogP contribution in [0.4, 0.5) is 10.2 Å². The topological polar surface area (TPSA) is 99.4 Å². The molecule has 1 amide bonds. The van der Waals surface area contributed by atoms with Crippen LogP contribution in [0, 0.1) is 12.7 Å². The van der Waals surface area contributed by atoms with Crippen LogP contribution in [0.5, 0.6) is 0 Å². The van der Waals surface area contributed by atoms with Gasteiger partial charge in [-0.25, -0.2) is 14.4 Å². The number of hydrogen-bond acceptors (Lipinski definition) is 4. The maximum absolute atomic E-state index is 13.2. The van der Waals surface area contributed by atoms with Crippen molar-refractivity contribution in [2.24, 2.45) is 0 Å². The van der Waals surface area contributed by atoms with E-state index in [4.69, 9.17) is 0 Å². The number of nitrogens with one attached hydrogen (secondary N) is 3. The lowest BCUT2D eigenvalue weighted by molar-refractivity contribution is 0.102. The van der Waals surface area contributed by atoms with Crippen LogP contribution in [0.3, 0.4) is 0 Å². The van der Waals surface area contributed by atoms with Gasteiger partial charge in [-0.15, -0.1) is 0 Å². The summed E-state index contributed by atoms with van der Waals surface area (Å²) in [5.41, 5.74) is 3.59. The molecule has 4 rings (SSSR count). The number of nitrogens with zero attached hydrogens (tertiary/aromatic N) is 3. The van der Waals surface area contributed by atoms with Crippen molar-refractivity contribution in [3.05, 3.63) is 59.9 Å². The number of rotatable bonds is 3. The van der Waals surface area contributed by atoms with Gasteiger partial charge in [0, 0.05) is 17.5 Å². The molecule has 0 fully saturated rings. The Hall–Kier alpha value is -3.55. The van der Waals surface area contributed by atoms with Crippen LogP contribution in [0.25, 0.3) is 22.3 Å². The van der Waals surface area contributed by atoms with E-state index in [1.165, 1.54) is 18.3 Å². The standard InChI is InChI=1S/C17H13FN6O/c1-9-14(10-2-4-11(18)5-3-10)16(24-23-9)22-17(25)13-8-20-15-12(21-13)6-7-19-15/h2-8H,1H3,(H,19,20)(H2,22,23,24,25). The Morgan fingerprint density at radius 2 is 2.00 bits per heavy atom. The zero-order chi connectivity index (χ0) is 17.4. The van der Waals surface area contributed by atoms with Gasteiger partial charge >= 0.3 is 0 Å². The fourth-order valence-electron chi connectivity index (χ4n) is 2.60. The smallest absolute Gasteiger partial charge is 0.277 e. The predicted octanol–water partition coefficient (Wildman–Crippen LogP) is 3.05. The fraction of sp³-hybridized carbons (Fsp3) is 0.0588. The number of amides is 1. The highest BCUT2D eigenvalue weighted by Crippen LogP contribution is 2.29. The van der Waals surface area contributed by atoms with Crippen molar-refractivity contribution in [1.82, 2.24) is 25.1 Å². The molecule has 3 N–H and O–H groups in total. The Balaban J connectivity index is 1.66. The molecule has 0 bridgehead atoms. The maximum atomic E-state index is 13.2. The Morgan fingerprint density at radius 1 is 1.20 bits per heavy atom. The summed E-state index contributed by atoms with van der Waals surface area (Å²) in [4.78, 5) is 23.8. The summed E-state index contributed by atoms with van der Waals surface area (Å²) >= 11 is 0. The number of anilines is 1. The normalized spacial score (nSPS) is 11.0. The second kappa shape index (κ2) is 5.82. The van der Waals surface area contributed by atoms with E-state index in [0.717, 1.165) is 11.3 Å². The number of benzene rings is 1. The number of H-pyrrole nitrogens is 2. The first-order valence-corrected chi connectivity index (χ1v) is 7.54. The molecule has 3 aromatic heterocycles. The number of hydrogen-bond donors (Lipinski definition) is 3. The number of aromatic nitrogens is 5. The molecule has 0 spiro atoms. The number of aromatic amines is 2. The molecular weight excluding hydrogens is 323 g/mol. The average Bonchev–Trinajstić information content (AvgIpc) is 3.22. The molecule has 0 aliphatic heterocycles. The first-order valence-electron chi connectivity index (χ1n) is 7.54. The van der Waals surface area contributed by atoms with Gasteiger partial charge in [-0.05, 0) is 30.7 Å². The number of aryl methyl sites for hydroxylation is 1. The van der Waals surface area contributed by atoms with Crippen LogP contribution in [0.2, 0.25) is 0 Å². The summed E-state index contributed by atoms with van der Waals surface area (Å²) < 4.78 is 13.2. The molecular formula is C17H13FN6O. The van der Waals surface area contributed by atoms with Crippen molar-refractivity contribution in [3.8, 4) is 11.1 Å². The molecule has 25 heavy (non-hydrogen) atoms. The van der Waals surface area contributed by atoms with Gasteiger partial charge in [-0.1, -0.05) is 12.1 Å². The highest BCUT2D eigenvalue weighted by atomic mass is 19.1. The van der Waals surface area contributed by atoms with Crippen molar-refractivity contribution < 1.29 is 9.18 Å². The van der Waals surface area contributed by atoms with E-state index in [1.807, 2.05) is 6.92 Å². The van der Waals surface area contributed by atoms with Gasteiger partial charge in [0.05, 0.1) is 6.20 Å². The molecule has 0 radical (unpaired) electrons. The summed E-state index contributed by atoms with van der Waals surface area (Å²) in [5, 5.41) is 9.69. The second-order valence-electron chi connectivity index (χ2n) is 5.50. The summed E-state index contributed by atoms with van der Waals surface area (Å²) in [5.74, 6) is -0.402. The molecule has 7 nitrogen and oxygen atoms in total. The van der Waals surface area contributed by atoms with Crippen LogP contribution in [-0.4, -0.2) is 31.1 Å². The summed E-state index contributed by atoms with van der Waals surface area (Å²) in [6.45, 7) is 1.83. The minimum Gasteiger partial charge on any atom is -0.345 e. The Bertz CT molecular complexity index is 1070. The van der Waals surface area contributed by atoms with Crippen LogP contribution >= 0.6 is 0 Å². The number of fused-ring (bicyclic) bond motifs is 1. The largest absolute Gasteiger partial charge is 0.345 e. The first kappa shape index (κ1) is 15.0. The third-order valence-electron chi connectivity index (χ3n) is 3.81. The highest BCUT2D eigenvalue weighted by molar-refractivity contribution is 6.05. The van der Waals surface area contributed by atoms with E-state index in [9.17, 15) is 9.18 Å². The van der Waals surface area contributed by atoms with Gasteiger partial charge in [-0.3, -0.25) is 9.89 Å². The predicted molar refractivity (Wildman–Crippen MR) is 90.6 cm³/mol. The van der Waals surface area contributed by atoms with Crippen LogP contribution < -0.4 is 5.32 Å². The van der Waals surface area contributed by atoms with Gasteiger partial charge in [-0.2, -0.15) is 5.10 Å². The zero-order valence-corrected chi connectivity index (χ0v) is 13.2. The third-order valence-corrected chi connectivity index (χ3v) is 3.81. The van der Waals surface area contributed by atoms with Gasteiger partial charge in [0.15, 0.2) is 11.5 Å². The monoisotopic (exact) mass is 336 g/mol. The van der Waals surface area contributed by atoms with E-state index >= 15 is 0 Å². The Morgan fingerprint density at radius 3 is 2.80 bits per heavy atom. The molecule has 1 aromatic carbocycles. The molecule has 0 saturated carbocycles. The van der Waals surface area contributed by atoms with E-state index in [-0.39, 0.29) is 11.5 Å². The molecule has 0 aliphatic carbocycles. The lowest BCUT2D eigenvalue weighted by atomic mass is 10.1. The average molecular weight is 336 g/mol. The molecule has 8 heteroatoms. The first-order chi connectivity index (χ1) is 12.1. The summed E-state index contributed by atoms with van der Waals surface area (Å²) in [6, 6.07) is 7.72. The second-order valence-corrected chi connectivity index (χ2v) is 5.50. The van der Waals surface area contributed by atoms with Crippen LogP contribution in [0.15, 0.2) is 42.7 Å². The highest BCUT2D eigenvalue weighted by Gasteiger charge is 2.17. The van der Waals surface area contributed by atoms with Gasteiger partial charge < -0.3 is 10.3 Å². The lowest BCUT2D eigenvalue weighted by Gasteiger charge is -2.06. The maximum Gasteiger partial charge on any atom is 0.277 e. The lowest BCUT2D eigenvalue weighted by Crippen LogP contribution is -2.15. The van der Waals surface area contributed by atoms with Crippen molar-refractivity contribution in [3.63, 3.8) is 0 Å². The van der Waals surface area contributed by atoms with E-state index in [2.05, 4.69) is 30.5 Å². The van der Waals surface area contributed by atoms with Crippen LogP contribution in [0.1, 0.15) is 16.2 Å². The minimum atomic E-state index is -0.425. The van der Waals surface area contributed by atoms with E-state index in [1.54, 1.807) is 24.4 Å². The third kappa shape index (κ3) is 2.74. The summed E-state index contributed by atoms with van der Waals surface area (Å²) in [7, 11) is 0. The van der Waals surface area contributed by atoms with E-state index < -0.39 is 5.91 Å².